The van der Waals surface area contributed by atoms with Crippen molar-refractivity contribution in [1.82, 2.24) is 10.3 Å². The van der Waals surface area contributed by atoms with Crippen molar-refractivity contribution in [3.63, 3.8) is 0 Å². The van der Waals surface area contributed by atoms with Crippen molar-refractivity contribution in [2.75, 3.05) is 6.54 Å². The van der Waals surface area contributed by atoms with E-state index in [1.54, 1.807) is 0 Å². The predicted octanol–water partition coefficient (Wildman–Crippen LogP) is 1.94. The lowest BCUT2D eigenvalue weighted by Gasteiger charge is -2.23. The van der Waals surface area contributed by atoms with Crippen molar-refractivity contribution < 1.29 is 4.42 Å². The molecular formula is C12H14N2O2. The van der Waals surface area contributed by atoms with Crippen LogP contribution in [0.2, 0.25) is 0 Å². The summed E-state index contributed by atoms with van der Waals surface area (Å²) in [5, 5.41) is 3.48. The van der Waals surface area contributed by atoms with Gasteiger partial charge in [0, 0.05) is 6.04 Å². The van der Waals surface area contributed by atoms with Gasteiger partial charge in [0.2, 0.25) is 0 Å². The summed E-state index contributed by atoms with van der Waals surface area (Å²) in [7, 11) is 0. The van der Waals surface area contributed by atoms with Crippen LogP contribution in [0.3, 0.4) is 0 Å². The third kappa shape index (κ3) is 1.65. The first-order valence-electron chi connectivity index (χ1n) is 5.69. The first-order chi connectivity index (χ1) is 7.83. The molecule has 1 aromatic carbocycles. The van der Waals surface area contributed by atoms with E-state index in [2.05, 4.69) is 10.3 Å². The Morgan fingerprint density at radius 1 is 1.31 bits per heavy atom. The fourth-order valence-corrected chi connectivity index (χ4v) is 2.32. The SMILES string of the molecule is O=c1[nH]c2cc(C3CCCCN3)ccc2o1. The fourth-order valence-electron chi connectivity index (χ4n) is 2.32. The Kier molecular flexibility index (Phi) is 2.29. The molecule has 4 heteroatoms. The summed E-state index contributed by atoms with van der Waals surface area (Å²) in [6.45, 7) is 1.07. The van der Waals surface area contributed by atoms with Crippen LogP contribution in [0, 0.1) is 0 Å². The van der Waals surface area contributed by atoms with E-state index in [9.17, 15) is 4.79 Å². The number of benzene rings is 1. The van der Waals surface area contributed by atoms with Crippen LogP contribution in [0.15, 0.2) is 27.4 Å². The summed E-state index contributed by atoms with van der Waals surface area (Å²) in [6.07, 6.45) is 3.67. The Morgan fingerprint density at radius 3 is 3.06 bits per heavy atom. The van der Waals surface area contributed by atoms with Gasteiger partial charge in [-0.15, -0.1) is 0 Å². The molecule has 2 heterocycles. The van der Waals surface area contributed by atoms with E-state index in [0.717, 1.165) is 18.5 Å². The second kappa shape index (κ2) is 3.79. The lowest BCUT2D eigenvalue weighted by Crippen LogP contribution is -2.26. The van der Waals surface area contributed by atoms with Crippen molar-refractivity contribution in [1.29, 1.82) is 0 Å². The molecule has 0 amide bonds. The minimum atomic E-state index is -0.385. The molecule has 0 aliphatic carbocycles. The molecule has 1 aromatic heterocycles. The Bertz CT molecular complexity index is 549. The number of nitrogens with one attached hydrogen (secondary N) is 2. The number of oxazole rings is 1. The molecule has 1 atom stereocenters. The van der Waals surface area contributed by atoms with Gasteiger partial charge in [0.25, 0.3) is 0 Å². The van der Waals surface area contributed by atoms with Crippen molar-refractivity contribution in [3.8, 4) is 0 Å². The van der Waals surface area contributed by atoms with Crippen LogP contribution in [-0.4, -0.2) is 11.5 Å². The molecule has 2 N–H and O–H groups in total. The molecule has 1 fully saturated rings. The second-order valence-corrected chi connectivity index (χ2v) is 4.27. The third-order valence-corrected chi connectivity index (χ3v) is 3.16. The van der Waals surface area contributed by atoms with E-state index >= 15 is 0 Å². The molecule has 0 saturated carbocycles. The number of rotatable bonds is 1. The average Bonchev–Trinajstić information content (AvgIpc) is 2.69. The molecule has 16 heavy (non-hydrogen) atoms. The molecule has 1 aliphatic heterocycles. The average molecular weight is 218 g/mol. The van der Waals surface area contributed by atoms with Gasteiger partial charge in [0.05, 0.1) is 5.52 Å². The van der Waals surface area contributed by atoms with Crippen LogP contribution in [0.5, 0.6) is 0 Å². The molecule has 0 radical (unpaired) electrons. The maximum atomic E-state index is 11.0. The lowest BCUT2D eigenvalue weighted by molar-refractivity contribution is 0.412. The zero-order valence-electron chi connectivity index (χ0n) is 8.95. The first kappa shape index (κ1) is 9.66. The van der Waals surface area contributed by atoms with E-state index in [1.807, 2.05) is 18.2 Å². The highest BCUT2D eigenvalue weighted by atomic mass is 16.4. The third-order valence-electron chi connectivity index (χ3n) is 3.16. The Balaban J connectivity index is 2.00. The summed E-state index contributed by atoms with van der Waals surface area (Å²) < 4.78 is 4.98. The van der Waals surface area contributed by atoms with Crippen LogP contribution in [0.1, 0.15) is 30.9 Å². The van der Waals surface area contributed by atoms with Crippen LogP contribution < -0.4 is 11.1 Å². The van der Waals surface area contributed by atoms with Crippen LogP contribution in [0.25, 0.3) is 11.1 Å². The highest BCUT2D eigenvalue weighted by Gasteiger charge is 2.15. The van der Waals surface area contributed by atoms with E-state index in [1.165, 1.54) is 18.4 Å². The topological polar surface area (TPSA) is 58.0 Å². The summed E-state index contributed by atoms with van der Waals surface area (Å²) in [6, 6.07) is 6.31. The highest BCUT2D eigenvalue weighted by Crippen LogP contribution is 2.24. The Hall–Kier alpha value is -1.55. The van der Waals surface area contributed by atoms with Gasteiger partial charge in [0.15, 0.2) is 5.58 Å². The standard InChI is InChI=1S/C12H14N2O2/c15-12-14-10-7-8(4-5-11(10)16-12)9-3-1-2-6-13-9/h4-5,7,9,13H,1-3,6H2,(H,14,15). The maximum absolute atomic E-state index is 11.0. The molecule has 84 valence electrons. The number of aromatic amines is 1. The fraction of sp³-hybridized carbons (Fsp3) is 0.417. The minimum absolute atomic E-state index is 0.385. The summed E-state index contributed by atoms with van der Waals surface area (Å²) in [5.74, 6) is -0.385. The van der Waals surface area contributed by atoms with Gasteiger partial charge in [-0.2, -0.15) is 0 Å². The molecule has 0 spiro atoms. The number of hydrogen-bond acceptors (Lipinski definition) is 3. The lowest BCUT2D eigenvalue weighted by atomic mass is 9.97. The first-order valence-corrected chi connectivity index (χ1v) is 5.69. The molecule has 3 rings (SSSR count). The molecule has 1 saturated heterocycles. The number of piperidine rings is 1. The summed E-state index contributed by atoms with van der Waals surface area (Å²) >= 11 is 0. The molecule has 0 bridgehead atoms. The van der Waals surface area contributed by atoms with Gasteiger partial charge < -0.3 is 9.73 Å². The molecular weight excluding hydrogens is 204 g/mol. The summed E-state index contributed by atoms with van der Waals surface area (Å²) in [5.41, 5.74) is 2.64. The van der Waals surface area contributed by atoms with Crippen molar-refractivity contribution >= 4 is 11.1 Å². The maximum Gasteiger partial charge on any atom is 0.417 e. The Labute approximate surface area is 92.7 Å². The molecule has 1 aliphatic rings. The van der Waals surface area contributed by atoms with Crippen LogP contribution in [0.4, 0.5) is 0 Å². The van der Waals surface area contributed by atoms with Crippen LogP contribution in [-0.2, 0) is 0 Å². The number of aromatic nitrogens is 1. The van der Waals surface area contributed by atoms with Crippen molar-refractivity contribution in [3.05, 3.63) is 34.3 Å². The normalized spacial score (nSPS) is 21.4. The van der Waals surface area contributed by atoms with Gasteiger partial charge in [-0.05, 0) is 37.1 Å². The van der Waals surface area contributed by atoms with E-state index in [0.29, 0.717) is 11.6 Å². The van der Waals surface area contributed by atoms with Gasteiger partial charge in [-0.1, -0.05) is 12.5 Å². The summed E-state index contributed by atoms with van der Waals surface area (Å²) in [4.78, 5) is 13.7. The highest BCUT2D eigenvalue weighted by molar-refractivity contribution is 5.72. The van der Waals surface area contributed by atoms with Crippen molar-refractivity contribution in [2.24, 2.45) is 0 Å². The zero-order valence-corrected chi connectivity index (χ0v) is 8.95. The van der Waals surface area contributed by atoms with Gasteiger partial charge >= 0.3 is 5.76 Å². The number of H-pyrrole nitrogens is 1. The zero-order chi connectivity index (χ0) is 11.0. The predicted molar refractivity (Wildman–Crippen MR) is 61.4 cm³/mol. The molecule has 2 aromatic rings. The van der Waals surface area contributed by atoms with E-state index in [4.69, 9.17) is 4.42 Å². The van der Waals surface area contributed by atoms with E-state index in [-0.39, 0.29) is 5.76 Å². The van der Waals surface area contributed by atoms with Crippen molar-refractivity contribution in [2.45, 2.75) is 25.3 Å². The van der Waals surface area contributed by atoms with Gasteiger partial charge in [-0.25, -0.2) is 4.79 Å². The van der Waals surface area contributed by atoms with Gasteiger partial charge in [0.1, 0.15) is 0 Å². The molecule has 1 unspecified atom stereocenters. The number of hydrogen-bond donors (Lipinski definition) is 2. The number of fused-ring (bicyclic) bond motifs is 1. The monoisotopic (exact) mass is 218 g/mol. The largest absolute Gasteiger partial charge is 0.417 e. The molecule has 4 nitrogen and oxygen atoms in total. The van der Waals surface area contributed by atoms with Gasteiger partial charge in [-0.3, -0.25) is 4.98 Å². The smallest absolute Gasteiger partial charge is 0.408 e. The second-order valence-electron chi connectivity index (χ2n) is 4.27. The minimum Gasteiger partial charge on any atom is -0.408 e. The van der Waals surface area contributed by atoms with E-state index < -0.39 is 0 Å². The van der Waals surface area contributed by atoms with Crippen LogP contribution >= 0.6 is 0 Å². The quantitative estimate of drug-likeness (QED) is 0.769. The Morgan fingerprint density at radius 2 is 2.25 bits per heavy atom.